The van der Waals surface area contributed by atoms with Crippen molar-refractivity contribution in [2.45, 2.75) is 6.29 Å². The second kappa shape index (κ2) is 5.79. The number of rotatable bonds is 5. The van der Waals surface area contributed by atoms with Crippen LogP contribution in [-0.2, 0) is 9.09 Å². The van der Waals surface area contributed by atoms with Crippen LogP contribution in [0.5, 0.6) is 0 Å². The molecule has 0 aliphatic heterocycles. The van der Waals surface area contributed by atoms with Crippen LogP contribution in [0.4, 0.5) is 0 Å². The molecule has 0 aliphatic carbocycles. The molecule has 62 valence electrons. The van der Waals surface area contributed by atoms with Crippen molar-refractivity contribution in [3.63, 3.8) is 0 Å². The lowest BCUT2D eigenvalue weighted by atomic mass is 10.6. The fraction of sp³-hybridized carbons (Fsp3) is 1.00. The molecule has 0 aliphatic rings. The molecule has 1 unspecified atom stereocenters. The lowest BCUT2D eigenvalue weighted by molar-refractivity contribution is -0.0398. The van der Waals surface area contributed by atoms with Crippen LogP contribution in [0, 0.1) is 0 Å². The van der Waals surface area contributed by atoms with Gasteiger partial charge < -0.3 is 15.1 Å². The summed E-state index contributed by atoms with van der Waals surface area (Å²) in [6.07, 6.45) is -1.47. The minimum absolute atomic E-state index is 0.0881. The number of aliphatic hydroxyl groups is 2. The van der Waals surface area contributed by atoms with Gasteiger partial charge in [-0.2, -0.15) is 0 Å². The molecule has 0 fully saturated rings. The number of aliphatic hydroxyl groups excluding tert-OH is 1. The van der Waals surface area contributed by atoms with Gasteiger partial charge in [0.25, 0.3) is 0 Å². The van der Waals surface area contributed by atoms with Crippen molar-refractivity contribution >= 4 is 8.25 Å². The zero-order valence-electron chi connectivity index (χ0n) is 5.15. The van der Waals surface area contributed by atoms with Gasteiger partial charge in [-0.25, -0.2) is 0 Å². The first-order valence-corrected chi connectivity index (χ1v) is 3.82. The van der Waals surface area contributed by atoms with Crippen LogP contribution in [0.2, 0.25) is 0 Å². The normalized spacial score (nSPS) is 14.0. The molecule has 0 spiro atoms. The molecular formula is C3H10NO5P. The van der Waals surface area contributed by atoms with E-state index < -0.39 is 14.5 Å². The molecule has 7 heteroatoms. The minimum atomic E-state index is -2.91. The second-order valence-corrected chi connectivity index (χ2v) is 2.31. The molecular weight excluding hydrogens is 161 g/mol. The highest BCUT2D eigenvalue weighted by Gasteiger charge is 1.95. The number of nitrogens with one attached hydrogen (secondary N) is 1. The molecule has 0 saturated heterocycles. The average molecular weight is 171 g/mol. The Hall–Kier alpha value is 0.0300. The van der Waals surface area contributed by atoms with Crippen LogP contribution in [0.25, 0.3) is 0 Å². The summed E-state index contributed by atoms with van der Waals surface area (Å²) in [6, 6.07) is 0. The molecule has 10 heavy (non-hydrogen) atoms. The molecule has 0 saturated carbocycles. The third-order valence-electron chi connectivity index (χ3n) is 0.625. The summed E-state index contributed by atoms with van der Waals surface area (Å²) < 4.78 is 14.0. The van der Waals surface area contributed by atoms with Crippen LogP contribution in [0.1, 0.15) is 0 Å². The Morgan fingerprint density at radius 1 is 1.60 bits per heavy atom. The minimum Gasteiger partial charge on any atom is -0.367 e. The molecule has 0 rings (SSSR count). The molecule has 0 bridgehead atoms. The van der Waals surface area contributed by atoms with E-state index in [2.05, 4.69) is 9.84 Å². The smallest absolute Gasteiger partial charge is 0.317 e. The van der Waals surface area contributed by atoms with Gasteiger partial charge >= 0.3 is 8.25 Å². The lowest BCUT2D eigenvalue weighted by Gasteiger charge is -2.04. The summed E-state index contributed by atoms with van der Waals surface area (Å²) >= 11 is 0. The Bertz CT molecular complexity index is 107. The third-order valence-corrected chi connectivity index (χ3v) is 1.02. The predicted octanol–water partition coefficient (Wildman–Crippen LogP) is -1.76. The van der Waals surface area contributed by atoms with E-state index in [1.54, 1.807) is 0 Å². The van der Waals surface area contributed by atoms with Gasteiger partial charge in [0.1, 0.15) is 6.73 Å². The van der Waals surface area contributed by atoms with Crippen molar-refractivity contribution < 1.29 is 24.2 Å². The maximum atomic E-state index is 9.84. The summed E-state index contributed by atoms with van der Waals surface area (Å²) in [5.74, 6) is 0. The maximum absolute atomic E-state index is 9.84. The highest BCUT2D eigenvalue weighted by Crippen LogP contribution is 2.11. The van der Waals surface area contributed by atoms with Gasteiger partial charge in [0.2, 0.25) is 0 Å². The largest absolute Gasteiger partial charge is 0.367 e. The van der Waals surface area contributed by atoms with E-state index in [0.717, 1.165) is 0 Å². The summed E-state index contributed by atoms with van der Waals surface area (Å²) in [5, 5.41) is 18.8. The van der Waals surface area contributed by atoms with Gasteiger partial charge in [0.15, 0.2) is 6.29 Å². The number of hydrogen-bond donors (Lipinski definition) is 4. The molecule has 1 atom stereocenters. The Morgan fingerprint density at radius 3 is 2.60 bits per heavy atom. The van der Waals surface area contributed by atoms with Crippen molar-refractivity contribution in [2.75, 3.05) is 13.3 Å². The van der Waals surface area contributed by atoms with Crippen molar-refractivity contribution in [3.05, 3.63) is 0 Å². The fourth-order valence-corrected chi connectivity index (χ4v) is 0.526. The first kappa shape index (κ1) is 10.0. The summed E-state index contributed by atoms with van der Waals surface area (Å²) in [6.45, 7) is -0.249. The number of hydrogen-bond acceptors (Lipinski definition) is 5. The van der Waals surface area contributed by atoms with Crippen molar-refractivity contribution in [1.82, 2.24) is 5.32 Å². The maximum Gasteiger partial charge on any atom is 0.317 e. The highest BCUT2D eigenvalue weighted by molar-refractivity contribution is 7.32. The third kappa shape index (κ3) is 8.03. The Kier molecular flexibility index (Phi) is 5.81. The van der Waals surface area contributed by atoms with Crippen LogP contribution in [0.15, 0.2) is 0 Å². The summed E-state index contributed by atoms with van der Waals surface area (Å²) in [4.78, 5) is 8.08. The first-order valence-electron chi connectivity index (χ1n) is 2.55. The fourth-order valence-electron chi connectivity index (χ4n) is 0.301. The lowest BCUT2D eigenvalue weighted by Crippen LogP contribution is -2.27. The van der Waals surface area contributed by atoms with Gasteiger partial charge in [-0.3, -0.25) is 14.4 Å². The Labute approximate surface area is 58.4 Å². The molecule has 0 aromatic carbocycles. The molecule has 0 radical (unpaired) electrons. The second-order valence-electron chi connectivity index (χ2n) is 1.49. The van der Waals surface area contributed by atoms with E-state index in [4.69, 9.17) is 15.1 Å². The van der Waals surface area contributed by atoms with Crippen LogP contribution in [0.3, 0.4) is 0 Å². The molecule has 6 nitrogen and oxygen atoms in total. The van der Waals surface area contributed by atoms with Crippen LogP contribution < -0.4 is 5.32 Å². The Morgan fingerprint density at radius 2 is 2.20 bits per heavy atom. The summed E-state index contributed by atoms with van der Waals surface area (Å²) in [7, 11) is -2.91. The van der Waals surface area contributed by atoms with E-state index in [1.165, 1.54) is 0 Å². The Balaban J connectivity index is 2.98. The molecule has 0 amide bonds. The van der Waals surface area contributed by atoms with Crippen LogP contribution >= 0.6 is 8.25 Å². The quantitative estimate of drug-likeness (QED) is 0.222. The van der Waals surface area contributed by atoms with Crippen molar-refractivity contribution in [3.8, 4) is 0 Å². The molecule has 0 aromatic heterocycles. The molecule has 0 aromatic rings. The topological polar surface area (TPSA) is 99.0 Å². The van der Waals surface area contributed by atoms with Crippen molar-refractivity contribution in [2.24, 2.45) is 0 Å². The monoisotopic (exact) mass is 171 g/mol. The summed E-state index contributed by atoms with van der Waals surface area (Å²) in [5.41, 5.74) is 0. The predicted molar refractivity (Wildman–Crippen MR) is 33.4 cm³/mol. The van der Waals surface area contributed by atoms with E-state index in [9.17, 15) is 4.57 Å². The SMILES string of the molecule is O=[PH](O)OCNCC(O)O. The molecule has 0 heterocycles. The van der Waals surface area contributed by atoms with Gasteiger partial charge in [0, 0.05) is 6.54 Å². The zero-order valence-corrected chi connectivity index (χ0v) is 6.15. The van der Waals surface area contributed by atoms with E-state index in [-0.39, 0.29) is 13.3 Å². The highest BCUT2D eigenvalue weighted by atomic mass is 31.1. The average Bonchev–Trinajstić information content (AvgIpc) is 1.79. The van der Waals surface area contributed by atoms with Crippen LogP contribution in [-0.4, -0.2) is 34.7 Å². The standard InChI is InChI=1S/C3H10NO5P/c5-3(6)1-4-2-9-10(7)8/h3-6,10H,1-2H2,(H,7,8). The van der Waals surface area contributed by atoms with E-state index in [0.29, 0.717) is 0 Å². The van der Waals surface area contributed by atoms with Gasteiger partial charge in [-0.1, -0.05) is 0 Å². The van der Waals surface area contributed by atoms with Gasteiger partial charge in [-0.05, 0) is 0 Å². The zero-order chi connectivity index (χ0) is 7.98. The van der Waals surface area contributed by atoms with E-state index >= 15 is 0 Å². The van der Waals surface area contributed by atoms with Gasteiger partial charge in [-0.15, -0.1) is 0 Å². The molecule has 4 N–H and O–H groups in total. The first-order chi connectivity index (χ1) is 4.63. The van der Waals surface area contributed by atoms with Gasteiger partial charge in [0.05, 0.1) is 0 Å². The van der Waals surface area contributed by atoms with Crippen molar-refractivity contribution in [1.29, 1.82) is 0 Å². The van der Waals surface area contributed by atoms with E-state index in [1.807, 2.05) is 0 Å².